The first kappa shape index (κ1) is 15.3. The smallest absolute Gasteiger partial charge is 0.143 e. The fourth-order valence-corrected chi connectivity index (χ4v) is 4.37. The molecule has 3 atom stereocenters. The van der Waals surface area contributed by atoms with Crippen molar-refractivity contribution >= 4 is 17.5 Å². The molecule has 0 saturated heterocycles. The summed E-state index contributed by atoms with van der Waals surface area (Å²) in [6, 6.07) is 14.5. The molecular formula is C19H21NOS. The molecule has 3 heteroatoms. The van der Waals surface area contributed by atoms with Crippen molar-refractivity contribution in [3.05, 3.63) is 59.8 Å². The third-order valence-electron chi connectivity index (χ3n) is 4.51. The molecule has 0 bridgehead atoms. The van der Waals surface area contributed by atoms with Crippen molar-refractivity contribution in [1.82, 2.24) is 4.98 Å². The zero-order valence-electron chi connectivity index (χ0n) is 13.0. The predicted molar refractivity (Wildman–Crippen MR) is 91.2 cm³/mol. The molecular weight excluding hydrogens is 290 g/mol. The standard InChI is InChI=1S/C19H21NOS/c1-13-11-15-7-3-4-8-16(15)17(13)12-18(14(2)21)22-19-9-5-6-10-20-19/h3-10,13,17-18H,11-12H2,1-2H3/t13-,17+,18?/m1/s1. The Labute approximate surface area is 136 Å². The average Bonchev–Trinajstić information content (AvgIpc) is 2.83. The number of Topliss-reactive ketones (excluding diaryl/α,β-unsaturated/α-hetero) is 1. The highest BCUT2D eigenvalue weighted by molar-refractivity contribution is 8.00. The molecule has 114 valence electrons. The van der Waals surface area contributed by atoms with Crippen LogP contribution in [-0.2, 0) is 11.2 Å². The molecule has 1 aromatic heterocycles. The Morgan fingerprint density at radius 3 is 2.77 bits per heavy atom. The second-order valence-electron chi connectivity index (χ2n) is 6.11. The van der Waals surface area contributed by atoms with Crippen LogP contribution in [0.4, 0.5) is 0 Å². The molecule has 3 rings (SSSR count). The van der Waals surface area contributed by atoms with E-state index in [9.17, 15) is 4.79 Å². The fraction of sp³-hybridized carbons (Fsp3) is 0.368. The van der Waals surface area contributed by atoms with Gasteiger partial charge in [-0.2, -0.15) is 0 Å². The molecule has 1 aromatic carbocycles. The number of carbonyl (C=O) groups excluding carboxylic acids is 1. The molecule has 0 amide bonds. The summed E-state index contributed by atoms with van der Waals surface area (Å²) in [4.78, 5) is 16.5. The number of aromatic nitrogens is 1. The quantitative estimate of drug-likeness (QED) is 0.762. The summed E-state index contributed by atoms with van der Waals surface area (Å²) >= 11 is 1.60. The van der Waals surface area contributed by atoms with Crippen LogP contribution >= 0.6 is 11.8 Å². The van der Waals surface area contributed by atoms with Crippen LogP contribution in [0, 0.1) is 5.92 Å². The van der Waals surface area contributed by atoms with E-state index in [0.29, 0.717) is 11.8 Å². The van der Waals surface area contributed by atoms with Gasteiger partial charge in [0, 0.05) is 6.20 Å². The summed E-state index contributed by atoms with van der Waals surface area (Å²) in [6.45, 7) is 4.00. The fourth-order valence-electron chi connectivity index (χ4n) is 3.33. The van der Waals surface area contributed by atoms with Gasteiger partial charge in [-0.3, -0.25) is 4.79 Å². The van der Waals surface area contributed by atoms with Crippen LogP contribution in [-0.4, -0.2) is 16.0 Å². The Hall–Kier alpha value is -1.61. The lowest BCUT2D eigenvalue weighted by molar-refractivity contribution is -0.116. The van der Waals surface area contributed by atoms with Gasteiger partial charge < -0.3 is 0 Å². The van der Waals surface area contributed by atoms with Crippen molar-refractivity contribution in [2.75, 3.05) is 0 Å². The second-order valence-corrected chi connectivity index (χ2v) is 7.33. The van der Waals surface area contributed by atoms with E-state index in [2.05, 4.69) is 36.2 Å². The van der Waals surface area contributed by atoms with Gasteiger partial charge >= 0.3 is 0 Å². The maximum atomic E-state index is 12.1. The molecule has 1 aliphatic carbocycles. The van der Waals surface area contributed by atoms with Gasteiger partial charge in [0.2, 0.25) is 0 Å². The minimum absolute atomic E-state index is 0.0199. The molecule has 0 spiro atoms. The molecule has 1 unspecified atom stereocenters. The number of benzene rings is 1. The number of rotatable bonds is 5. The molecule has 2 aromatic rings. The topological polar surface area (TPSA) is 30.0 Å². The largest absolute Gasteiger partial charge is 0.299 e. The zero-order valence-corrected chi connectivity index (χ0v) is 13.8. The number of ketones is 1. The lowest BCUT2D eigenvalue weighted by Crippen LogP contribution is -2.19. The number of carbonyl (C=O) groups is 1. The zero-order chi connectivity index (χ0) is 15.5. The first-order valence-corrected chi connectivity index (χ1v) is 8.69. The lowest BCUT2D eigenvalue weighted by atomic mass is 9.89. The van der Waals surface area contributed by atoms with E-state index in [-0.39, 0.29) is 11.0 Å². The van der Waals surface area contributed by atoms with E-state index in [4.69, 9.17) is 0 Å². The summed E-state index contributed by atoms with van der Waals surface area (Å²) < 4.78 is 0. The molecule has 0 N–H and O–H groups in total. The molecule has 0 radical (unpaired) electrons. The second kappa shape index (κ2) is 6.66. The average molecular weight is 311 g/mol. The number of fused-ring (bicyclic) bond motifs is 1. The Bertz CT molecular complexity index is 655. The van der Waals surface area contributed by atoms with E-state index in [1.165, 1.54) is 11.1 Å². The van der Waals surface area contributed by atoms with Gasteiger partial charge in [-0.05, 0) is 54.9 Å². The lowest BCUT2D eigenvalue weighted by Gasteiger charge is -2.22. The monoisotopic (exact) mass is 311 g/mol. The van der Waals surface area contributed by atoms with Crippen LogP contribution < -0.4 is 0 Å². The maximum absolute atomic E-state index is 12.1. The Kier molecular flexibility index (Phi) is 4.63. The van der Waals surface area contributed by atoms with Crippen LogP contribution in [0.3, 0.4) is 0 Å². The Morgan fingerprint density at radius 1 is 1.27 bits per heavy atom. The van der Waals surface area contributed by atoms with Gasteiger partial charge in [0.15, 0.2) is 0 Å². The van der Waals surface area contributed by atoms with Gasteiger partial charge in [-0.1, -0.05) is 49.0 Å². The Balaban J connectivity index is 1.78. The van der Waals surface area contributed by atoms with Crippen LogP contribution in [0.2, 0.25) is 0 Å². The van der Waals surface area contributed by atoms with Crippen LogP contribution in [0.25, 0.3) is 0 Å². The number of pyridine rings is 1. The van der Waals surface area contributed by atoms with Gasteiger partial charge in [0.05, 0.1) is 10.3 Å². The van der Waals surface area contributed by atoms with Gasteiger partial charge in [0.25, 0.3) is 0 Å². The number of nitrogens with zero attached hydrogens (tertiary/aromatic N) is 1. The molecule has 1 heterocycles. The Morgan fingerprint density at radius 2 is 2.05 bits per heavy atom. The summed E-state index contributed by atoms with van der Waals surface area (Å²) in [5, 5.41) is 0.912. The van der Waals surface area contributed by atoms with Gasteiger partial charge in [-0.15, -0.1) is 0 Å². The maximum Gasteiger partial charge on any atom is 0.143 e. The third-order valence-corrected chi connectivity index (χ3v) is 5.80. The van der Waals surface area contributed by atoms with Crippen LogP contribution in [0.1, 0.15) is 37.3 Å². The number of hydrogen-bond donors (Lipinski definition) is 0. The molecule has 0 fully saturated rings. The van der Waals surface area contributed by atoms with E-state index >= 15 is 0 Å². The number of thioether (sulfide) groups is 1. The van der Waals surface area contributed by atoms with E-state index in [0.717, 1.165) is 17.9 Å². The highest BCUT2D eigenvalue weighted by atomic mass is 32.2. The van der Waals surface area contributed by atoms with Crippen molar-refractivity contribution in [2.24, 2.45) is 5.92 Å². The summed E-state index contributed by atoms with van der Waals surface area (Å²) in [6.07, 6.45) is 3.81. The van der Waals surface area contributed by atoms with E-state index in [1.807, 2.05) is 18.2 Å². The first-order valence-electron chi connectivity index (χ1n) is 7.81. The predicted octanol–water partition coefficient (Wildman–Crippen LogP) is 4.50. The van der Waals surface area contributed by atoms with Crippen molar-refractivity contribution in [2.45, 2.75) is 42.9 Å². The molecule has 22 heavy (non-hydrogen) atoms. The summed E-state index contributed by atoms with van der Waals surface area (Å²) in [7, 11) is 0. The summed E-state index contributed by atoms with van der Waals surface area (Å²) in [5.41, 5.74) is 2.88. The molecule has 2 nitrogen and oxygen atoms in total. The van der Waals surface area contributed by atoms with Crippen LogP contribution in [0.5, 0.6) is 0 Å². The van der Waals surface area contributed by atoms with Crippen molar-refractivity contribution in [3.8, 4) is 0 Å². The molecule has 1 aliphatic rings. The number of hydrogen-bond acceptors (Lipinski definition) is 3. The van der Waals surface area contributed by atoms with Gasteiger partial charge in [0.1, 0.15) is 5.78 Å². The normalized spacial score (nSPS) is 21.4. The van der Waals surface area contributed by atoms with Crippen molar-refractivity contribution < 1.29 is 4.79 Å². The van der Waals surface area contributed by atoms with E-state index < -0.39 is 0 Å². The van der Waals surface area contributed by atoms with E-state index in [1.54, 1.807) is 24.9 Å². The summed E-state index contributed by atoms with van der Waals surface area (Å²) in [5.74, 6) is 1.32. The molecule has 0 saturated carbocycles. The third kappa shape index (κ3) is 3.25. The highest BCUT2D eigenvalue weighted by Gasteiger charge is 2.32. The molecule has 0 aliphatic heterocycles. The van der Waals surface area contributed by atoms with Crippen molar-refractivity contribution in [1.29, 1.82) is 0 Å². The SMILES string of the molecule is CC(=O)C(C[C@@H]1c2ccccc2C[C@H]1C)Sc1ccccn1. The van der Waals surface area contributed by atoms with Crippen molar-refractivity contribution in [3.63, 3.8) is 0 Å². The minimum Gasteiger partial charge on any atom is -0.299 e. The van der Waals surface area contributed by atoms with Gasteiger partial charge in [-0.25, -0.2) is 4.98 Å². The minimum atomic E-state index is -0.0199. The highest BCUT2D eigenvalue weighted by Crippen LogP contribution is 2.42. The van der Waals surface area contributed by atoms with Crippen LogP contribution in [0.15, 0.2) is 53.7 Å². The first-order chi connectivity index (χ1) is 10.6.